The van der Waals surface area contributed by atoms with Crippen LogP contribution in [0.4, 0.5) is 5.69 Å². The lowest BCUT2D eigenvalue weighted by atomic mass is 9.99. The van der Waals surface area contributed by atoms with Crippen LogP contribution in [0.5, 0.6) is 5.75 Å². The van der Waals surface area contributed by atoms with E-state index in [9.17, 15) is 9.59 Å². The minimum absolute atomic E-state index is 0.0354. The first-order valence-electron chi connectivity index (χ1n) is 13.5. The van der Waals surface area contributed by atoms with Gasteiger partial charge in [-0.1, -0.05) is 6.92 Å². The number of anilines is 1. The van der Waals surface area contributed by atoms with Gasteiger partial charge < -0.3 is 25.2 Å². The second-order valence-corrected chi connectivity index (χ2v) is 10.8. The Morgan fingerprint density at radius 3 is 2.68 bits per heavy atom. The number of guanidine groups is 1. The van der Waals surface area contributed by atoms with Crippen LogP contribution in [0.2, 0.25) is 0 Å². The molecule has 0 radical (unpaired) electrons. The highest BCUT2D eigenvalue weighted by atomic mass is 16.5. The lowest BCUT2D eigenvalue weighted by molar-refractivity contribution is -0.147. The molecule has 10 nitrogen and oxygen atoms in total. The topological polar surface area (TPSA) is 102 Å². The first kappa shape index (κ1) is 25.7. The number of rotatable bonds is 5. The number of piperazine rings is 1. The van der Waals surface area contributed by atoms with E-state index in [-0.39, 0.29) is 42.1 Å². The van der Waals surface area contributed by atoms with Crippen molar-refractivity contribution in [1.29, 1.82) is 0 Å². The van der Waals surface area contributed by atoms with E-state index in [0.29, 0.717) is 30.3 Å². The predicted molar refractivity (Wildman–Crippen MR) is 145 cm³/mol. The van der Waals surface area contributed by atoms with Crippen LogP contribution < -0.4 is 15.4 Å². The Hall–Kier alpha value is -2.98. The van der Waals surface area contributed by atoms with E-state index in [1.807, 2.05) is 32.3 Å². The lowest BCUT2D eigenvalue weighted by Crippen LogP contribution is -2.67. The lowest BCUT2D eigenvalue weighted by Gasteiger charge is -2.49. The van der Waals surface area contributed by atoms with Crippen LogP contribution in [-0.2, 0) is 11.2 Å². The average molecular weight is 510 g/mol. The van der Waals surface area contributed by atoms with Gasteiger partial charge >= 0.3 is 0 Å². The standard InChI is InChI=1S/C27H39N7O3/c1-6-21-26(36)33(5)22-15-28-27(31-24(22)34(21)16(2)3)30-20-8-7-19(18-11-14-37-23(18)20)25(35)29-17-9-12-32(4)13-10-17/h7-8,15-17,21-22,24H,6,9-14H2,1-5H3,(H,29,35)(H,30,31)/t21-,22?,24?/m1/s1. The molecule has 0 spiro atoms. The first-order chi connectivity index (χ1) is 17.8. The van der Waals surface area contributed by atoms with Crippen molar-refractivity contribution in [2.45, 2.75) is 76.8 Å². The maximum absolute atomic E-state index is 13.1. The third-order valence-electron chi connectivity index (χ3n) is 8.04. The number of fused-ring (bicyclic) bond motifs is 2. The van der Waals surface area contributed by atoms with Crippen molar-refractivity contribution in [1.82, 2.24) is 20.0 Å². The first-order valence-corrected chi connectivity index (χ1v) is 13.5. The summed E-state index contributed by atoms with van der Waals surface area (Å²) in [6, 6.07) is 3.69. The van der Waals surface area contributed by atoms with Crippen LogP contribution >= 0.6 is 0 Å². The second kappa shape index (κ2) is 10.4. The van der Waals surface area contributed by atoms with Gasteiger partial charge in [-0.25, -0.2) is 9.98 Å². The molecule has 2 saturated heterocycles. The quantitative estimate of drug-likeness (QED) is 0.629. The molecule has 2 unspecified atom stereocenters. The van der Waals surface area contributed by atoms with Gasteiger partial charge in [-0.05, 0) is 65.4 Å². The SMILES string of the molecule is CC[C@@H]1C(=O)N(C)C2C=NC(Nc3ccc(C(=O)NC4CCN(C)CC4)c4c3OCC4)=NC2N1C(C)C. The van der Waals surface area contributed by atoms with Crippen LogP contribution in [0, 0.1) is 0 Å². The van der Waals surface area contributed by atoms with Crippen molar-refractivity contribution < 1.29 is 14.3 Å². The van der Waals surface area contributed by atoms with Crippen molar-refractivity contribution in [3.05, 3.63) is 23.3 Å². The Labute approximate surface area is 219 Å². The van der Waals surface area contributed by atoms with Crippen molar-refractivity contribution >= 4 is 29.7 Å². The summed E-state index contributed by atoms with van der Waals surface area (Å²) in [7, 11) is 3.94. The monoisotopic (exact) mass is 509 g/mol. The molecule has 3 atom stereocenters. The second-order valence-electron chi connectivity index (χ2n) is 10.8. The molecule has 0 saturated carbocycles. The average Bonchev–Trinajstić information content (AvgIpc) is 3.37. The maximum atomic E-state index is 13.1. The van der Waals surface area contributed by atoms with Crippen molar-refractivity contribution in [3.63, 3.8) is 0 Å². The molecular weight excluding hydrogens is 470 g/mol. The molecule has 4 aliphatic rings. The van der Waals surface area contributed by atoms with E-state index >= 15 is 0 Å². The van der Waals surface area contributed by atoms with Gasteiger partial charge in [0.05, 0.1) is 18.3 Å². The highest BCUT2D eigenvalue weighted by molar-refractivity contribution is 6.04. The zero-order chi connectivity index (χ0) is 26.3. The molecule has 4 aliphatic heterocycles. The van der Waals surface area contributed by atoms with Crippen LogP contribution in [0.1, 0.15) is 56.0 Å². The van der Waals surface area contributed by atoms with Gasteiger partial charge in [-0.15, -0.1) is 0 Å². The zero-order valence-corrected chi connectivity index (χ0v) is 22.5. The fourth-order valence-electron chi connectivity index (χ4n) is 5.95. The number of amides is 2. The highest BCUT2D eigenvalue weighted by Gasteiger charge is 2.46. The number of piperidine rings is 1. The van der Waals surface area contributed by atoms with Crippen LogP contribution in [0.25, 0.3) is 0 Å². The third kappa shape index (κ3) is 4.84. The minimum Gasteiger partial charge on any atom is -0.491 e. The van der Waals surface area contributed by atoms with E-state index in [1.54, 1.807) is 4.90 Å². The summed E-state index contributed by atoms with van der Waals surface area (Å²) in [5.74, 6) is 1.24. The summed E-state index contributed by atoms with van der Waals surface area (Å²) < 4.78 is 5.98. The van der Waals surface area contributed by atoms with Crippen LogP contribution in [-0.4, -0.2) is 103 Å². The van der Waals surface area contributed by atoms with Crippen molar-refractivity contribution in [2.24, 2.45) is 9.98 Å². The highest BCUT2D eigenvalue weighted by Crippen LogP contribution is 2.37. The summed E-state index contributed by atoms with van der Waals surface area (Å²) in [4.78, 5) is 41.9. The number of carbonyl (C=O) groups excluding carboxylic acids is 2. The van der Waals surface area contributed by atoms with Crippen molar-refractivity contribution in [2.75, 3.05) is 39.1 Å². The molecule has 0 aromatic heterocycles. The zero-order valence-electron chi connectivity index (χ0n) is 22.5. The normalized spacial score (nSPS) is 26.5. The molecule has 5 rings (SSSR count). The number of nitrogens with one attached hydrogen (secondary N) is 2. The Bertz CT molecular complexity index is 1110. The fraction of sp³-hybridized carbons (Fsp3) is 0.630. The summed E-state index contributed by atoms with van der Waals surface area (Å²) in [5.41, 5.74) is 2.35. The number of ether oxygens (including phenoxy) is 1. The Balaban J connectivity index is 1.36. The molecule has 37 heavy (non-hydrogen) atoms. The van der Waals surface area contributed by atoms with Gasteiger partial charge in [-0.2, -0.15) is 0 Å². The number of likely N-dealkylation sites (tertiary alicyclic amines) is 1. The van der Waals surface area contributed by atoms with Gasteiger partial charge in [0.2, 0.25) is 11.9 Å². The molecule has 10 heteroatoms. The molecule has 2 fully saturated rings. The van der Waals surface area contributed by atoms with Crippen LogP contribution in [0.3, 0.4) is 0 Å². The van der Waals surface area contributed by atoms with E-state index in [2.05, 4.69) is 46.3 Å². The molecule has 0 bridgehead atoms. The fourth-order valence-corrected chi connectivity index (χ4v) is 5.95. The summed E-state index contributed by atoms with van der Waals surface area (Å²) in [5, 5.41) is 6.57. The largest absolute Gasteiger partial charge is 0.491 e. The van der Waals surface area contributed by atoms with Gasteiger partial charge in [-0.3, -0.25) is 14.5 Å². The van der Waals surface area contributed by atoms with E-state index in [1.165, 1.54) is 0 Å². The van der Waals surface area contributed by atoms with Gasteiger partial charge in [0.1, 0.15) is 18.0 Å². The van der Waals surface area contributed by atoms with Gasteiger partial charge in [0.25, 0.3) is 5.91 Å². The van der Waals surface area contributed by atoms with Crippen molar-refractivity contribution in [3.8, 4) is 5.75 Å². The maximum Gasteiger partial charge on any atom is 0.251 e. The van der Waals surface area contributed by atoms with E-state index in [4.69, 9.17) is 9.73 Å². The molecule has 1 aromatic rings. The third-order valence-corrected chi connectivity index (χ3v) is 8.04. The number of carbonyl (C=O) groups is 2. The number of nitrogens with zero attached hydrogens (tertiary/aromatic N) is 5. The predicted octanol–water partition coefficient (Wildman–Crippen LogP) is 1.95. The van der Waals surface area contributed by atoms with E-state index < -0.39 is 0 Å². The van der Waals surface area contributed by atoms with Gasteiger partial charge in [0, 0.05) is 42.9 Å². The summed E-state index contributed by atoms with van der Waals surface area (Å²) in [6.45, 7) is 8.77. The summed E-state index contributed by atoms with van der Waals surface area (Å²) in [6.07, 6.45) is 4.93. The number of likely N-dealkylation sites (N-methyl/N-ethyl adjacent to an activating group) is 1. The Morgan fingerprint density at radius 1 is 1.22 bits per heavy atom. The smallest absolute Gasteiger partial charge is 0.251 e. The number of aliphatic imine (C=N–C) groups is 2. The molecular formula is C27H39N7O3. The van der Waals surface area contributed by atoms with Gasteiger partial charge in [0.15, 0.2) is 0 Å². The molecule has 1 aromatic carbocycles. The minimum atomic E-state index is -0.221. The molecule has 200 valence electrons. The number of hydrogen-bond donors (Lipinski definition) is 2. The molecule has 0 aliphatic carbocycles. The number of hydrogen-bond acceptors (Lipinski definition) is 8. The van der Waals surface area contributed by atoms with E-state index in [0.717, 1.165) is 43.6 Å². The Kier molecular flexibility index (Phi) is 7.22. The van der Waals surface area contributed by atoms with Crippen LogP contribution in [0.15, 0.2) is 22.1 Å². The molecule has 2 amide bonds. The Morgan fingerprint density at radius 2 is 1.97 bits per heavy atom. The number of benzene rings is 1. The molecule has 2 N–H and O–H groups in total. The molecule has 4 heterocycles. The summed E-state index contributed by atoms with van der Waals surface area (Å²) >= 11 is 0.